The number of rotatable bonds is 1. The van der Waals surface area contributed by atoms with Crippen LogP contribution in [0.2, 0.25) is 0 Å². The van der Waals surface area contributed by atoms with Gasteiger partial charge < -0.3 is 5.11 Å². The lowest BCUT2D eigenvalue weighted by molar-refractivity contribution is -0.133. The number of carbonyl (C=O) groups excluding carboxylic acids is 1. The monoisotopic (exact) mass is 288 g/mol. The Hall–Kier alpha value is -0.890. The van der Waals surface area contributed by atoms with E-state index in [1.165, 1.54) is 5.57 Å². The molecular formula is C19H28O2. The molecule has 1 saturated carbocycles. The molecule has 0 heterocycles. The lowest BCUT2D eigenvalue weighted by atomic mass is 9.66. The van der Waals surface area contributed by atoms with Crippen molar-refractivity contribution in [3.63, 3.8) is 0 Å². The van der Waals surface area contributed by atoms with E-state index in [0.717, 1.165) is 31.3 Å². The fourth-order valence-electron chi connectivity index (χ4n) is 4.90. The number of allylic oxidation sites excluding steroid dienone is 3. The minimum atomic E-state index is -0.260. The van der Waals surface area contributed by atoms with Crippen molar-refractivity contribution in [1.29, 1.82) is 0 Å². The molecule has 2 nitrogen and oxygen atoms in total. The molecule has 0 aromatic heterocycles. The van der Waals surface area contributed by atoms with E-state index in [9.17, 15) is 9.90 Å². The molecule has 0 aromatic carbocycles. The second-order valence-electron chi connectivity index (χ2n) is 8.22. The van der Waals surface area contributed by atoms with Crippen molar-refractivity contribution < 1.29 is 9.90 Å². The summed E-state index contributed by atoms with van der Waals surface area (Å²) < 4.78 is 0. The Labute approximate surface area is 128 Å². The van der Waals surface area contributed by atoms with E-state index >= 15 is 0 Å². The maximum absolute atomic E-state index is 13.4. The van der Waals surface area contributed by atoms with E-state index in [1.54, 1.807) is 0 Å². The number of hydrogen-bond donors (Lipinski definition) is 1. The average Bonchev–Trinajstić information content (AvgIpc) is 2.67. The highest BCUT2D eigenvalue weighted by atomic mass is 16.3. The summed E-state index contributed by atoms with van der Waals surface area (Å²) in [6.45, 7) is 9.01. The van der Waals surface area contributed by atoms with E-state index in [4.69, 9.17) is 0 Å². The molecule has 1 fully saturated rings. The van der Waals surface area contributed by atoms with Gasteiger partial charge in [-0.25, -0.2) is 0 Å². The number of ketones is 1. The molecule has 0 saturated heterocycles. The Kier molecular flexibility index (Phi) is 3.44. The molecule has 0 amide bonds. The fourth-order valence-corrected chi connectivity index (χ4v) is 4.90. The zero-order valence-electron chi connectivity index (χ0n) is 13.8. The Morgan fingerprint density at radius 1 is 1.33 bits per heavy atom. The first kappa shape index (κ1) is 15.0. The minimum Gasteiger partial charge on any atom is -0.392 e. The lowest BCUT2D eigenvalue weighted by Gasteiger charge is -2.36. The van der Waals surface area contributed by atoms with Crippen molar-refractivity contribution in [2.24, 2.45) is 28.6 Å². The van der Waals surface area contributed by atoms with Crippen LogP contribution in [0.4, 0.5) is 0 Å². The molecular weight excluding hydrogens is 260 g/mol. The molecule has 0 radical (unpaired) electrons. The minimum absolute atomic E-state index is 0.0276. The highest BCUT2D eigenvalue weighted by Gasteiger charge is 2.56. The third-order valence-electron chi connectivity index (χ3n) is 6.72. The molecule has 3 rings (SSSR count). The summed E-state index contributed by atoms with van der Waals surface area (Å²) in [6, 6.07) is 0. The third-order valence-corrected chi connectivity index (χ3v) is 6.72. The molecule has 1 spiro atoms. The normalized spacial score (nSPS) is 41.8. The predicted octanol–water partition coefficient (Wildman–Crippen LogP) is 3.90. The van der Waals surface area contributed by atoms with Gasteiger partial charge in [0, 0.05) is 5.92 Å². The number of aliphatic hydroxyl groups is 1. The van der Waals surface area contributed by atoms with Gasteiger partial charge in [0.2, 0.25) is 0 Å². The summed E-state index contributed by atoms with van der Waals surface area (Å²) >= 11 is 0. The van der Waals surface area contributed by atoms with Gasteiger partial charge in [0.25, 0.3) is 0 Å². The van der Waals surface area contributed by atoms with Crippen molar-refractivity contribution in [2.45, 2.75) is 53.4 Å². The molecule has 0 aliphatic heterocycles. The predicted molar refractivity (Wildman–Crippen MR) is 84.8 cm³/mol. The van der Waals surface area contributed by atoms with Crippen LogP contribution in [-0.4, -0.2) is 17.5 Å². The first-order valence-electron chi connectivity index (χ1n) is 8.34. The largest absolute Gasteiger partial charge is 0.392 e. The number of aliphatic hydroxyl groups excluding tert-OH is 1. The van der Waals surface area contributed by atoms with Crippen molar-refractivity contribution >= 4 is 5.78 Å². The quantitative estimate of drug-likeness (QED) is 0.743. The van der Waals surface area contributed by atoms with Gasteiger partial charge in [0.1, 0.15) is 5.78 Å². The second kappa shape index (κ2) is 4.81. The second-order valence-corrected chi connectivity index (χ2v) is 8.22. The number of carbonyl (C=O) groups is 1. The molecule has 0 unspecified atom stereocenters. The molecule has 2 bridgehead atoms. The standard InChI is InChI=1S/C19H28O2/c1-12-7-15-8-14(11-20)9-16-17(21)19(15,10-12)6-5-13(2)18(16,3)4/h9-10,13,15-16,20H,5-8,11H2,1-4H3/t13-,15-,16+,19-/m0/s1. The molecule has 1 N–H and O–H groups in total. The van der Waals surface area contributed by atoms with Gasteiger partial charge in [-0.1, -0.05) is 38.5 Å². The molecule has 0 aromatic rings. The zero-order chi connectivity index (χ0) is 15.4. The van der Waals surface area contributed by atoms with Crippen LogP contribution in [0.15, 0.2) is 23.3 Å². The first-order chi connectivity index (χ1) is 9.81. The highest BCUT2D eigenvalue weighted by molar-refractivity contribution is 5.92. The van der Waals surface area contributed by atoms with Gasteiger partial charge in [-0.05, 0) is 55.4 Å². The third kappa shape index (κ3) is 2.06. The first-order valence-corrected chi connectivity index (χ1v) is 8.34. The molecule has 116 valence electrons. The Balaban J connectivity index is 2.17. The maximum Gasteiger partial charge on any atom is 0.150 e. The Morgan fingerprint density at radius 3 is 2.71 bits per heavy atom. The van der Waals surface area contributed by atoms with Crippen molar-refractivity contribution in [3.8, 4) is 0 Å². The Bertz CT molecular complexity index is 526. The topological polar surface area (TPSA) is 37.3 Å². The summed E-state index contributed by atoms with van der Waals surface area (Å²) in [5.74, 6) is 1.26. The molecule has 2 heteroatoms. The van der Waals surface area contributed by atoms with Crippen LogP contribution in [0.3, 0.4) is 0 Å². The van der Waals surface area contributed by atoms with Gasteiger partial charge >= 0.3 is 0 Å². The lowest BCUT2D eigenvalue weighted by Crippen LogP contribution is -2.40. The number of hydrogen-bond acceptors (Lipinski definition) is 2. The average molecular weight is 288 g/mol. The smallest absolute Gasteiger partial charge is 0.150 e. The van der Waals surface area contributed by atoms with Gasteiger partial charge in [-0.3, -0.25) is 4.79 Å². The maximum atomic E-state index is 13.4. The van der Waals surface area contributed by atoms with Crippen molar-refractivity contribution in [3.05, 3.63) is 23.3 Å². The summed E-state index contributed by atoms with van der Waals surface area (Å²) in [6.07, 6.45) is 8.42. The van der Waals surface area contributed by atoms with Crippen LogP contribution in [0.25, 0.3) is 0 Å². The summed E-state index contributed by atoms with van der Waals surface area (Å²) in [5, 5.41) is 9.72. The van der Waals surface area contributed by atoms with Crippen LogP contribution in [0.5, 0.6) is 0 Å². The van der Waals surface area contributed by atoms with E-state index in [1.807, 2.05) is 0 Å². The molecule has 3 aliphatic rings. The number of Topliss-reactive ketones (excluding diaryl/α,β-unsaturated/α-hetero) is 1. The zero-order valence-corrected chi connectivity index (χ0v) is 13.8. The van der Waals surface area contributed by atoms with Gasteiger partial charge in [-0.2, -0.15) is 0 Å². The van der Waals surface area contributed by atoms with E-state index in [0.29, 0.717) is 17.6 Å². The van der Waals surface area contributed by atoms with Crippen LogP contribution in [-0.2, 0) is 4.79 Å². The summed E-state index contributed by atoms with van der Waals surface area (Å²) in [4.78, 5) is 13.4. The van der Waals surface area contributed by atoms with E-state index < -0.39 is 0 Å². The van der Waals surface area contributed by atoms with Crippen LogP contribution < -0.4 is 0 Å². The molecule has 21 heavy (non-hydrogen) atoms. The van der Waals surface area contributed by atoms with Crippen LogP contribution in [0, 0.1) is 28.6 Å². The van der Waals surface area contributed by atoms with Crippen molar-refractivity contribution in [2.75, 3.05) is 6.61 Å². The van der Waals surface area contributed by atoms with Crippen molar-refractivity contribution in [1.82, 2.24) is 0 Å². The number of fused-ring (bicyclic) bond motifs is 1. The molecule has 3 aliphatic carbocycles. The SMILES string of the molecule is CC1=C[C@@]23CC[C@H](C)C(C)(C)[C@H](C=C(CO)C[C@@H]2C1)C3=O. The van der Waals surface area contributed by atoms with Gasteiger partial charge in [0.05, 0.1) is 12.0 Å². The molecule has 4 atom stereocenters. The summed E-state index contributed by atoms with van der Waals surface area (Å²) in [5.41, 5.74) is 2.15. The summed E-state index contributed by atoms with van der Waals surface area (Å²) in [7, 11) is 0. The fraction of sp³-hybridized carbons (Fsp3) is 0.737. The highest BCUT2D eigenvalue weighted by Crippen LogP contribution is 2.58. The van der Waals surface area contributed by atoms with Crippen LogP contribution in [0.1, 0.15) is 53.4 Å². The van der Waals surface area contributed by atoms with E-state index in [2.05, 4.69) is 39.8 Å². The van der Waals surface area contributed by atoms with Gasteiger partial charge in [-0.15, -0.1) is 0 Å². The van der Waals surface area contributed by atoms with Crippen LogP contribution >= 0.6 is 0 Å². The Morgan fingerprint density at radius 2 is 2.05 bits per heavy atom. The van der Waals surface area contributed by atoms with Gasteiger partial charge in [0.15, 0.2) is 0 Å². The van der Waals surface area contributed by atoms with E-state index in [-0.39, 0.29) is 23.4 Å².